The zero-order valence-electron chi connectivity index (χ0n) is 15.8. The Morgan fingerprint density at radius 1 is 1.24 bits per heavy atom. The van der Waals surface area contributed by atoms with Crippen molar-refractivity contribution >= 4 is 29.0 Å². The molecule has 1 aliphatic heterocycles. The predicted octanol–water partition coefficient (Wildman–Crippen LogP) is 3.17. The SMILES string of the molecule is COC[C@@H]1c2nnc(-c3nc(C4CC4)ns3)n2CCN1C(=O)c1ccc(Cl)cc1. The van der Waals surface area contributed by atoms with E-state index in [-0.39, 0.29) is 11.9 Å². The number of benzene rings is 1. The number of rotatable bonds is 5. The van der Waals surface area contributed by atoms with Crippen LogP contribution in [-0.4, -0.2) is 55.2 Å². The molecule has 5 rings (SSSR count). The van der Waals surface area contributed by atoms with E-state index in [0.717, 1.165) is 23.7 Å². The van der Waals surface area contributed by atoms with Crippen LogP contribution in [0.15, 0.2) is 24.3 Å². The number of ether oxygens (including phenoxy) is 1. The Kier molecular flexibility index (Phi) is 4.81. The summed E-state index contributed by atoms with van der Waals surface area (Å²) in [6.45, 7) is 1.46. The molecule has 2 aromatic heterocycles. The number of fused-ring (bicyclic) bond motifs is 1. The van der Waals surface area contributed by atoms with E-state index in [9.17, 15) is 4.79 Å². The van der Waals surface area contributed by atoms with Crippen molar-refractivity contribution < 1.29 is 9.53 Å². The topological polar surface area (TPSA) is 86.0 Å². The Labute approximate surface area is 176 Å². The molecule has 0 bridgehead atoms. The van der Waals surface area contributed by atoms with Crippen molar-refractivity contribution in [3.8, 4) is 10.8 Å². The maximum Gasteiger partial charge on any atom is 0.254 e. The molecule has 150 valence electrons. The molecule has 0 saturated heterocycles. The summed E-state index contributed by atoms with van der Waals surface area (Å²) in [7, 11) is 1.62. The van der Waals surface area contributed by atoms with E-state index in [1.54, 1.807) is 36.3 Å². The summed E-state index contributed by atoms with van der Waals surface area (Å²) in [5.74, 6) is 2.75. The Balaban J connectivity index is 1.46. The van der Waals surface area contributed by atoms with Crippen LogP contribution in [0.1, 0.15) is 46.8 Å². The Morgan fingerprint density at radius 2 is 2.03 bits per heavy atom. The van der Waals surface area contributed by atoms with E-state index in [0.29, 0.717) is 47.8 Å². The standard InChI is InChI=1S/C19H19ClN6O2S/c1-28-10-14-16-22-23-17(18-21-15(24-29-18)11-2-3-11)26(16)9-8-25(14)19(27)12-4-6-13(20)7-5-12/h4-7,11,14H,2-3,8-10H2,1H3/t14-/m1/s1. The molecule has 3 aromatic rings. The molecule has 0 spiro atoms. The second kappa shape index (κ2) is 7.47. The molecular formula is C19H19ClN6O2S. The zero-order valence-corrected chi connectivity index (χ0v) is 17.4. The second-order valence-corrected chi connectivity index (χ2v) is 8.43. The van der Waals surface area contributed by atoms with Crippen LogP contribution in [0.25, 0.3) is 10.8 Å². The van der Waals surface area contributed by atoms with Gasteiger partial charge < -0.3 is 14.2 Å². The first-order chi connectivity index (χ1) is 14.2. The third kappa shape index (κ3) is 3.43. The van der Waals surface area contributed by atoms with E-state index in [4.69, 9.17) is 16.3 Å². The molecular weight excluding hydrogens is 412 g/mol. The maximum atomic E-state index is 13.1. The molecule has 29 heavy (non-hydrogen) atoms. The summed E-state index contributed by atoms with van der Waals surface area (Å²) in [6, 6.07) is 6.59. The Morgan fingerprint density at radius 3 is 2.76 bits per heavy atom. The van der Waals surface area contributed by atoms with Crippen LogP contribution >= 0.6 is 23.1 Å². The molecule has 1 amide bonds. The number of aromatic nitrogens is 5. The van der Waals surface area contributed by atoms with Crippen molar-refractivity contribution in [2.45, 2.75) is 31.3 Å². The van der Waals surface area contributed by atoms with E-state index < -0.39 is 0 Å². The van der Waals surface area contributed by atoms with Crippen LogP contribution in [-0.2, 0) is 11.3 Å². The summed E-state index contributed by atoms with van der Waals surface area (Å²) in [4.78, 5) is 19.6. The zero-order chi connectivity index (χ0) is 20.0. The lowest BCUT2D eigenvalue weighted by Gasteiger charge is -2.35. The first kappa shape index (κ1) is 18.7. The van der Waals surface area contributed by atoms with Gasteiger partial charge >= 0.3 is 0 Å². The van der Waals surface area contributed by atoms with Gasteiger partial charge in [-0.1, -0.05) is 11.6 Å². The summed E-state index contributed by atoms with van der Waals surface area (Å²) >= 11 is 7.32. The Bertz CT molecular complexity index is 1050. The van der Waals surface area contributed by atoms with Crippen LogP contribution in [0.5, 0.6) is 0 Å². The lowest BCUT2D eigenvalue weighted by atomic mass is 10.1. The monoisotopic (exact) mass is 430 g/mol. The molecule has 0 radical (unpaired) electrons. The van der Waals surface area contributed by atoms with Crippen LogP contribution in [0, 0.1) is 0 Å². The lowest BCUT2D eigenvalue weighted by Crippen LogP contribution is -2.44. The molecule has 1 aliphatic carbocycles. The average molecular weight is 431 g/mol. The number of carbonyl (C=O) groups is 1. The van der Waals surface area contributed by atoms with Crippen LogP contribution in [0.3, 0.4) is 0 Å². The van der Waals surface area contributed by atoms with Crippen molar-refractivity contribution in [3.05, 3.63) is 46.5 Å². The number of methoxy groups -OCH3 is 1. The van der Waals surface area contributed by atoms with Crippen molar-refractivity contribution in [1.82, 2.24) is 29.0 Å². The van der Waals surface area contributed by atoms with Crippen LogP contribution in [0.2, 0.25) is 5.02 Å². The highest BCUT2D eigenvalue weighted by atomic mass is 35.5. The highest BCUT2D eigenvalue weighted by Crippen LogP contribution is 2.40. The van der Waals surface area contributed by atoms with Crippen LogP contribution in [0.4, 0.5) is 0 Å². The highest BCUT2D eigenvalue weighted by molar-refractivity contribution is 7.09. The fraction of sp³-hybridized carbons (Fsp3) is 0.421. The first-order valence-electron chi connectivity index (χ1n) is 9.48. The van der Waals surface area contributed by atoms with Gasteiger partial charge in [-0.2, -0.15) is 4.37 Å². The number of carbonyl (C=O) groups excluding carboxylic acids is 1. The van der Waals surface area contributed by atoms with Gasteiger partial charge in [-0.25, -0.2) is 4.98 Å². The van der Waals surface area contributed by atoms with E-state index in [2.05, 4.69) is 19.6 Å². The fourth-order valence-electron chi connectivity index (χ4n) is 3.60. The molecule has 1 aromatic carbocycles. The number of hydrogen-bond acceptors (Lipinski definition) is 7. The van der Waals surface area contributed by atoms with Gasteiger partial charge in [0.05, 0.1) is 6.61 Å². The second-order valence-electron chi connectivity index (χ2n) is 7.24. The van der Waals surface area contributed by atoms with Gasteiger partial charge in [0.25, 0.3) is 5.91 Å². The van der Waals surface area contributed by atoms with E-state index in [1.165, 1.54) is 11.5 Å². The summed E-state index contributed by atoms with van der Waals surface area (Å²) < 4.78 is 11.9. The lowest BCUT2D eigenvalue weighted by molar-refractivity contribution is 0.0432. The number of hydrogen-bond donors (Lipinski definition) is 0. The molecule has 1 atom stereocenters. The molecule has 8 nitrogen and oxygen atoms in total. The fourth-order valence-corrected chi connectivity index (χ4v) is 4.46. The third-order valence-corrected chi connectivity index (χ3v) is 6.25. The Hall–Kier alpha value is -2.36. The average Bonchev–Trinajstić information content (AvgIpc) is 3.30. The van der Waals surface area contributed by atoms with E-state index in [1.807, 2.05) is 4.57 Å². The van der Waals surface area contributed by atoms with Gasteiger partial charge in [-0.15, -0.1) is 10.2 Å². The molecule has 3 heterocycles. The smallest absolute Gasteiger partial charge is 0.254 e. The van der Waals surface area contributed by atoms with Crippen molar-refractivity contribution in [3.63, 3.8) is 0 Å². The van der Waals surface area contributed by atoms with Crippen molar-refractivity contribution in [2.24, 2.45) is 0 Å². The van der Waals surface area contributed by atoms with Gasteiger partial charge in [0, 0.05) is 36.7 Å². The predicted molar refractivity (Wildman–Crippen MR) is 108 cm³/mol. The summed E-state index contributed by atoms with van der Waals surface area (Å²) in [5.41, 5.74) is 0.585. The van der Waals surface area contributed by atoms with Crippen molar-refractivity contribution in [1.29, 1.82) is 0 Å². The molecule has 0 unspecified atom stereocenters. The largest absolute Gasteiger partial charge is 0.382 e. The summed E-state index contributed by atoms with van der Waals surface area (Å²) in [5, 5.41) is 10.2. The highest BCUT2D eigenvalue weighted by Gasteiger charge is 2.36. The van der Waals surface area contributed by atoms with Gasteiger partial charge in [0.2, 0.25) is 0 Å². The van der Waals surface area contributed by atoms with Gasteiger partial charge in [0.1, 0.15) is 11.9 Å². The number of halogens is 1. The maximum absolute atomic E-state index is 13.1. The van der Waals surface area contributed by atoms with Crippen LogP contribution < -0.4 is 0 Å². The summed E-state index contributed by atoms with van der Waals surface area (Å²) in [6.07, 6.45) is 2.32. The molecule has 1 fully saturated rings. The number of amides is 1. The van der Waals surface area contributed by atoms with Gasteiger partial charge in [-0.3, -0.25) is 4.79 Å². The minimum atomic E-state index is -0.325. The molecule has 2 aliphatic rings. The molecule has 10 heteroatoms. The van der Waals surface area contributed by atoms with E-state index >= 15 is 0 Å². The minimum absolute atomic E-state index is 0.0774. The molecule has 1 saturated carbocycles. The normalized spacial score (nSPS) is 18.7. The van der Waals surface area contributed by atoms with Gasteiger partial charge in [0.15, 0.2) is 16.7 Å². The molecule has 0 N–H and O–H groups in total. The quantitative estimate of drug-likeness (QED) is 0.618. The van der Waals surface area contributed by atoms with Gasteiger partial charge in [-0.05, 0) is 48.6 Å². The first-order valence-corrected chi connectivity index (χ1v) is 10.6. The van der Waals surface area contributed by atoms with Crippen molar-refractivity contribution in [2.75, 3.05) is 20.3 Å². The number of nitrogens with zero attached hydrogens (tertiary/aromatic N) is 6. The third-order valence-electron chi connectivity index (χ3n) is 5.27. The minimum Gasteiger partial charge on any atom is -0.382 e.